The first-order chi connectivity index (χ1) is 17.9. The van der Waals surface area contributed by atoms with Gasteiger partial charge in [0, 0.05) is 0 Å². The van der Waals surface area contributed by atoms with Crippen LogP contribution in [-0.4, -0.2) is 0 Å². The van der Waals surface area contributed by atoms with Crippen molar-refractivity contribution in [2.24, 2.45) is 0 Å². The second-order valence-electron chi connectivity index (χ2n) is 10.3. The zero-order chi connectivity index (χ0) is 26.5. The quantitative estimate of drug-likeness (QED) is 0.179. The van der Waals surface area contributed by atoms with E-state index in [4.69, 9.17) is 0 Å². The molecule has 0 aliphatic rings. The van der Waals surface area contributed by atoms with E-state index in [1.54, 1.807) is 6.07 Å². The summed E-state index contributed by atoms with van der Waals surface area (Å²) in [6.45, 7) is 4.39. The number of benzene rings is 3. The van der Waals surface area contributed by atoms with Crippen LogP contribution in [0.3, 0.4) is 0 Å². The van der Waals surface area contributed by atoms with Crippen molar-refractivity contribution in [2.75, 3.05) is 0 Å². The first kappa shape index (κ1) is 29.0. The maximum absolute atomic E-state index is 14.1. The predicted molar refractivity (Wildman–Crippen MR) is 152 cm³/mol. The molecular formula is C34H43F3. The molecule has 0 saturated heterocycles. The smallest absolute Gasteiger partial charge is 0.166 e. The average Bonchev–Trinajstić information content (AvgIpc) is 2.90. The lowest BCUT2D eigenvalue weighted by molar-refractivity contribution is -0.138. The fourth-order valence-electron chi connectivity index (χ4n) is 5.11. The third-order valence-electron chi connectivity index (χ3n) is 7.26. The van der Waals surface area contributed by atoms with Gasteiger partial charge in [-0.2, -0.15) is 13.2 Å². The number of unbranched alkanes of at least 4 members (excludes halogenated alkanes) is 9. The van der Waals surface area contributed by atoms with Crippen molar-refractivity contribution in [3.05, 3.63) is 83.4 Å². The Labute approximate surface area is 222 Å². The molecule has 0 atom stereocenters. The molecule has 3 rings (SSSR count). The highest BCUT2D eigenvalue weighted by Gasteiger charge is 2.33. The van der Waals surface area contributed by atoms with Gasteiger partial charge >= 0.3 is 6.18 Å². The van der Waals surface area contributed by atoms with Gasteiger partial charge in [-0.15, -0.1) is 0 Å². The molecule has 0 radical (unpaired) electrons. The average molecular weight is 509 g/mol. The van der Waals surface area contributed by atoms with Crippen molar-refractivity contribution in [1.29, 1.82) is 0 Å². The first-order valence-electron chi connectivity index (χ1n) is 14.3. The zero-order valence-corrected chi connectivity index (χ0v) is 22.7. The van der Waals surface area contributed by atoms with Crippen LogP contribution in [0.5, 0.6) is 0 Å². The minimum Gasteiger partial charge on any atom is -0.166 e. The van der Waals surface area contributed by atoms with Crippen LogP contribution in [0.1, 0.15) is 101 Å². The fourth-order valence-corrected chi connectivity index (χ4v) is 5.11. The molecule has 0 fully saturated rings. The van der Waals surface area contributed by atoms with Gasteiger partial charge < -0.3 is 0 Å². The molecule has 0 saturated carbocycles. The van der Waals surface area contributed by atoms with Crippen molar-refractivity contribution in [1.82, 2.24) is 0 Å². The molecule has 0 aliphatic carbocycles. The van der Waals surface area contributed by atoms with E-state index < -0.39 is 11.7 Å². The number of hydrogen-bond donors (Lipinski definition) is 0. The second-order valence-corrected chi connectivity index (χ2v) is 10.3. The summed E-state index contributed by atoms with van der Waals surface area (Å²) in [5.74, 6) is 0. The Bertz CT molecular complexity index is 1070. The van der Waals surface area contributed by atoms with Crippen LogP contribution in [0.4, 0.5) is 13.2 Å². The van der Waals surface area contributed by atoms with Crippen LogP contribution in [0, 0.1) is 0 Å². The van der Waals surface area contributed by atoms with Crippen molar-refractivity contribution in [2.45, 2.75) is 103 Å². The molecule has 3 aromatic carbocycles. The normalized spacial score (nSPS) is 11.7. The standard InChI is InChI=1S/C34H43F3/c1-3-5-7-9-11-14-20-29-22-23-30(26-33(29)34(35,36)37)31-24-21-27(17-13-10-8-6-4-2)25-32(31)28-18-15-12-16-19-28/h12,15-16,18-19,21-26H,3-11,13-14,17,20H2,1-2H3. The maximum atomic E-state index is 14.1. The number of hydrogen-bond acceptors (Lipinski definition) is 0. The summed E-state index contributed by atoms with van der Waals surface area (Å²) in [4.78, 5) is 0. The minimum absolute atomic E-state index is 0.414. The van der Waals surface area contributed by atoms with E-state index >= 15 is 0 Å². The van der Waals surface area contributed by atoms with E-state index in [0.717, 1.165) is 48.8 Å². The van der Waals surface area contributed by atoms with Crippen LogP contribution >= 0.6 is 0 Å². The Balaban J connectivity index is 1.88. The van der Waals surface area contributed by atoms with Crippen molar-refractivity contribution in [3.63, 3.8) is 0 Å². The van der Waals surface area contributed by atoms with Gasteiger partial charge in [0.2, 0.25) is 0 Å². The molecule has 37 heavy (non-hydrogen) atoms. The van der Waals surface area contributed by atoms with E-state index in [0.29, 0.717) is 17.5 Å². The molecule has 0 aliphatic heterocycles. The Morgan fingerprint density at radius 1 is 0.541 bits per heavy atom. The third-order valence-corrected chi connectivity index (χ3v) is 7.26. The van der Waals surface area contributed by atoms with E-state index in [-0.39, 0.29) is 0 Å². The second kappa shape index (κ2) is 15.0. The topological polar surface area (TPSA) is 0 Å². The molecule has 3 aromatic rings. The number of alkyl halides is 3. The third kappa shape index (κ3) is 9.05. The van der Waals surface area contributed by atoms with Gasteiger partial charge in [0.15, 0.2) is 0 Å². The van der Waals surface area contributed by atoms with Gasteiger partial charge in [-0.25, -0.2) is 0 Å². The first-order valence-corrected chi connectivity index (χ1v) is 14.3. The van der Waals surface area contributed by atoms with Crippen molar-refractivity contribution in [3.8, 4) is 22.3 Å². The minimum atomic E-state index is -4.36. The van der Waals surface area contributed by atoms with Gasteiger partial charge in [0.25, 0.3) is 0 Å². The molecule has 0 aromatic heterocycles. The Hall–Kier alpha value is -2.55. The van der Waals surface area contributed by atoms with E-state index in [9.17, 15) is 13.2 Å². The Morgan fingerprint density at radius 3 is 1.81 bits per heavy atom. The molecule has 0 nitrogen and oxygen atoms in total. The fraction of sp³-hybridized carbons (Fsp3) is 0.471. The molecular weight excluding hydrogens is 465 g/mol. The predicted octanol–water partition coefficient (Wildman–Crippen LogP) is 11.5. The summed E-state index contributed by atoms with van der Waals surface area (Å²) in [6, 6.07) is 21.3. The van der Waals surface area contributed by atoms with Gasteiger partial charge in [-0.1, -0.05) is 132 Å². The lowest BCUT2D eigenvalue weighted by Gasteiger charge is -2.17. The number of halogens is 3. The maximum Gasteiger partial charge on any atom is 0.416 e. The zero-order valence-electron chi connectivity index (χ0n) is 22.7. The molecule has 0 bridgehead atoms. The van der Waals surface area contributed by atoms with E-state index in [2.05, 4.69) is 26.0 Å². The summed E-state index contributed by atoms with van der Waals surface area (Å²) in [5, 5.41) is 0. The molecule has 0 N–H and O–H groups in total. The highest BCUT2D eigenvalue weighted by molar-refractivity contribution is 5.84. The van der Waals surface area contributed by atoms with Crippen LogP contribution in [0.2, 0.25) is 0 Å². The summed E-state index contributed by atoms with van der Waals surface area (Å²) < 4.78 is 42.4. The molecule has 0 spiro atoms. The van der Waals surface area contributed by atoms with Crippen molar-refractivity contribution < 1.29 is 13.2 Å². The van der Waals surface area contributed by atoms with Crippen molar-refractivity contribution >= 4 is 0 Å². The summed E-state index contributed by atoms with van der Waals surface area (Å²) in [7, 11) is 0. The lowest BCUT2D eigenvalue weighted by Crippen LogP contribution is -2.09. The molecule has 200 valence electrons. The lowest BCUT2D eigenvalue weighted by atomic mass is 9.89. The van der Waals surface area contributed by atoms with E-state index in [1.165, 1.54) is 56.6 Å². The molecule has 0 heterocycles. The largest absolute Gasteiger partial charge is 0.416 e. The summed E-state index contributed by atoms with van der Waals surface area (Å²) in [6.07, 6.45) is 9.62. The van der Waals surface area contributed by atoms with Gasteiger partial charge in [-0.3, -0.25) is 0 Å². The van der Waals surface area contributed by atoms with Gasteiger partial charge in [-0.05, 0) is 65.1 Å². The molecule has 3 heteroatoms. The molecule has 0 unspecified atom stereocenters. The van der Waals surface area contributed by atoms with Crippen LogP contribution in [-0.2, 0) is 19.0 Å². The molecule has 0 amide bonds. The Morgan fingerprint density at radius 2 is 1.16 bits per heavy atom. The van der Waals surface area contributed by atoms with Gasteiger partial charge in [0.1, 0.15) is 0 Å². The van der Waals surface area contributed by atoms with Gasteiger partial charge in [0.05, 0.1) is 5.56 Å². The number of aryl methyl sites for hydroxylation is 2. The Kier molecular flexibility index (Phi) is 11.8. The monoisotopic (exact) mass is 508 g/mol. The SMILES string of the molecule is CCCCCCCCc1ccc(-c2ccc(CCCCCCC)cc2-c2ccccc2)cc1C(F)(F)F. The summed E-state index contributed by atoms with van der Waals surface area (Å²) >= 11 is 0. The highest BCUT2D eigenvalue weighted by Crippen LogP contribution is 2.39. The summed E-state index contributed by atoms with van der Waals surface area (Å²) in [5.41, 5.74) is 4.70. The van der Waals surface area contributed by atoms with Crippen LogP contribution in [0.25, 0.3) is 22.3 Å². The highest BCUT2D eigenvalue weighted by atomic mass is 19.4. The van der Waals surface area contributed by atoms with Crippen LogP contribution in [0.15, 0.2) is 66.7 Å². The van der Waals surface area contributed by atoms with E-state index in [1.807, 2.05) is 42.5 Å². The van der Waals surface area contributed by atoms with Crippen LogP contribution < -0.4 is 0 Å². The number of rotatable bonds is 15.